The predicted molar refractivity (Wildman–Crippen MR) is 99.9 cm³/mol. The first-order chi connectivity index (χ1) is 12.3. The minimum absolute atomic E-state index is 0.122. The molecule has 0 saturated heterocycles. The number of carbonyl (C=O) groups excluding carboxylic acids is 1. The SMILES string of the molecule is Cc1cncc(Nc2c(C(N)=O)cnc3c(C)cc(CS(=O)[O-])cc23)c1. The van der Waals surface area contributed by atoms with Crippen LogP contribution in [0.1, 0.15) is 27.0 Å². The summed E-state index contributed by atoms with van der Waals surface area (Å²) in [5.41, 5.74) is 9.94. The normalized spacial score (nSPS) is 12.1. The number of benzene rings is 1. The topological polar surface area (TPSA) is 121 Å². The molecule has 0 radical (unpaired) electrons. The first-order valence-corrected chi connectivity index (χ1v) is 9.06. The summed E-state index contributed by atoms with van der Waals surface area (Å²) in [4.78, 5) is 20.4. The van der Waals surface area contributed by atoms with E-state index in [0.717, 1.165) is 11.1 Å². The molecule has 3 N–H and O–H groups in total. The van der Waals surface area contributed by atoms with Crippen molar-refractivity contribution >= 4 is 39.3 Å². The van der Waals surface area contributed by atoms with E-state index in [-0.39, 0.29) is 11.3 Å². The average Bonchev–Trinajstić information content (AvgIpc) is 2.54. The summed E-state index contributed by atoms with van der Waals surface area (Å²) in [5.74, 6) is -0.749. The number of anilines is 2. The van der Waals surface area contributed by atoms with E-state index in [1.807, 2.05) is 19.9 Å². The number of rotatable bonds is 5. The van der Waals surface area contributed by atoms with Gasteiger partial charge in [0.25, 0.3) is 5.91 Å². The van der Waals surface area contributed by atoms with Gasteiger partial charge in [-0.2, -0.15) is 0 Å². The summed E-state index contributed by atoms with van der Waals surface area (Å²) >= 11 is -2.22. The third-order valence-electron chi connectivity index (χ3n) is 3.92. The zero-order valence-electron chi connectivity index (χ0n) is 14.3. The van der Waals surface area contributed by atoms with Crippen LogP contribution >= 0.6 is 0 Å². The van der Waals surface area contributed by atoms with E-state index in [9.17, 15) is 13.6 Å². The number of aryl methyl sites for hydroxylation is 2. The first kappa shape index (κ1) is 18.0. The Morgan fingerprint density at radius 3 is 2.65 bits per heavy atom. The largest absolute Gasteiger partial charge is 0.772 e. The molecule has 7 nitrogen and oxygen atoms in total. The van der Waals surface area contributed by atoms with Crippen LogP contribution in [0, 0.1) is 13.8 Å². The van der Waals surface area contributed by atoms with Gasteiger partial charge in [-0.25, -0.2) is 0 Å². The number of nitrogens with zero attached hydrogens (tertiary/aromatic N) is 2. The molecule has 0 spiro atoms. The summed E-state index contributed by atoms with van der Waals surface area (Å²) in [5, 5.41) is 3.82. The number of primary amides is 1. The number of hydrogen-bond acceptors (Lipinski definition) is 6. The van der Waals surface area contributed by atoms with E-state index >= 15 is 0 Å². The van der Waals surface area contributed by atoms with Gasteiger partial charge >= 0.3 is 0 Å². The third kappa shape index (κ3) is 3.71. The third-order valence-corrected chi connectivity index (χ3v) is 4.49. The molecular weight excluding hydrogens is 352 g/mol. The van der Waals surface area contributed by atoms with Crippen LogP contribution in [0.5, 0.6) is 0 Å². The van der Waals surface area contributed by atoms with Gasteiger partial charge in [0.15, 0.2) is 0 Å². The van der Waals surface area contributed by atoms with Gasteiger partial charge in [0.05, 0.1) is 28.7 Å². The molecule has 1 aromatic carbocycles. The summed E-state index contributed by atoms with van der Waals surface area (Å²) in [6.07, 6.45) is 4.78. The molecule has 8 heteroatoms. The molecule has 3 rings (SSSR count). The maximum Gasteiger partial charge on any atom is 0.252 e. The molecule has 2 heterocycles. The number of fused-ring (bicyclic) bond motifs is 1. The number of aromatic nitrogens is 2. The molecular formula is C18H17N4O3S-. The lowest BCUT2D eigenvalue weighted by Crippen LogP contribution is -2.14. The van der Waals surface area contributed by atoms with Crippen LogP contribution in [-0.2, 0) is 16.8 Å². The van der Waals surface area contributed by atoms with Crippen molar-refractivity contribution in [1.82, 2.24) is 9.97 Å². The van der Waals surface area contributed by atoms with Crippen molar-refractivity contribution in [3.8, 4) is 0 Å². The Morgan fingerprint density at radius 2 is 2.00 bits per heavy atom. The number of nitrogens with one attached hydrogen (secondary N) is 1. The van der Waals surface area contributed by atoms with Crippen LogP contribution in [0.4, 0.5) is 11.4 Å². The van der Waals surface area contributed by atoms with Crippen LogP contribution in [-0.4, -0.2) is 24.6 Å². The summed E-state index contributed by atoms with van der Waals surface area (Å²) in [6, 6.07) is 5.36. The average molecular weight is 369 g/mol. The Hall–Kier alpha value is -2.84. The number of pyridine rings is 2. The molecule has 0 aliphatic carbocycles. The second-order valence-corrected chi connectivity index (χ2v) is 6.94. The standard InChI is InChI=1S/C18H18N4O3S/c1-10-3-13(7-20-6-10)22-17-14-5-12(9-26(24)25)4-11(2)16(14)21-8-15(17)18(19)23/h3-8H,9H2,1-2H3,(H2,19,23)(H,21,22)(H,24,25)/p-1. The smallest absolute Gasteiger partial charge is 0.252 e. The molecule has 26 heavy (non-hydrogen) atoms. The van der Waals surface area contributed by atoms with Gasteiger partial charge < -0.3 is 15.6 Å². The molecule has 3 aromatic rings. The van der Waals surface area contributed by atoms with Crippen LogP contribution in [0.3, 0.4) is 0 Å². The lowest BCUT2D eigenvalue weighted by Gasteiger charge is -2.16. The predicted octanol–water partition coefficient (Wildman–Crippen LogP) is 2.47. The highest BCUT2D eigenvalue weighted by Crippen LogP contribution is 2.31. The van der Waals surface area contributed by atoms with E-state index in [2.05, 4.69) is 15.3 Å². The summed E-state index contributed by atoms with van der Waals surface area (Å²) in [7, 11) is 0. The minimum atomic E-state index is -2.22. The highest BCUT2D eigenvalue weighted by molar-refractivity contribution is 7.78. The highest BCUT2D eigenvalue weighted by atomic mass is 32.2. The second kappa shape index (κ2) is 7.19. The molecule has 0 fully saturated rings. The zero-order valence-corrected chi connectivity index (χ0v) is 15.1. The maximum atomic E-state index is 11.9. The fourth-order valence-electron chi connectivity index (χ4n) is 2.86. The molecule has 1 unspecified atom stereocenters. The number of hydrogen-bond donors (Lipinski definition) is 2. The fraction of sp³-hybridized carbons (Fsp3) is 0.167. The molecule has 0 bridgehead atoms. The lowest BCUT2D eigenvalue weighted by molar-refractivity contribution is 0.100. The zero-order chi connectivity index (χ0) is 18.8. The Kier molecular flexibility index (Phi) is 4.97. The molecule has 1 atom stereocenters. The van der Waals surface area contributed by atoms with Gasteiger partial charge in [0.2, 0.25) is 0 Å². The quantitative estimate of drug-likeness (QED) is 0.666. The molecule has 1 amide bonds. The van der Waals surface area contributed by atoms with E-state index in [4.69, 9.17) is 5.73 Å². The Labute approximate surface area is 152 Å². The second-order valence-electron chi connectivity index (χ2n) is 6.04. The van der Waals surface area contributed by atoms with Crippen molar-refractivity contribution in [2.24, 2.45) is 5.73 Å². The van der Waals surface area contributed by atoms with Gasteiger partial charge in [-0.1, -0.05) is 17.1 Å². The number of nitrogens with two attached hydrogens (primary N) is 1. The van der Waals surface area contributed by atoms with E-state index in [1.165, 1.54) is 6.20 Å². The van der Waals surface area contributed by atoms with Crippen molar-refractivity contribution in [3.63, 3.8) is 0 Å². The van der Waals surface area contributed by atoms with Gasteiger partial charge in [-0.05, 0) is 42.7 Å². The van der Waals surface area contributed by atoms with Crippen LogP contribution < -0.4 is 11.1 Å². The molecule has 2 aromatic heterocycles. The van der Waals surface area contributed by atoms with E-state index in [1.54, 1.807) is 24.5 Å². The molecule has 0 saturated carbocycles. The summed E-state index contributed by atoms with van der Waals surface area (Å²) < 4.78 is 22.2. The summed E-state index contributed by atoms with van der Waals surface area (Å²) in [6.45, 7) is 3.75. The number of carbonyl (C=O) groups is 1. The first-order valence-electron chi connectivity index (χ1n) is 7.81. The Balaban J connectivity index is 2.24. The Morgan fingerprint density at radius 1 is 1.23 bits per heavy atom. The minimum Gasteiger partial charge on any atom is -0.772 e. The molecule has 0 aliphatic heterocycles. The molecule has 0 aliphatic rings. The molecule has 134 valence electrons. The maximum absolute atomic E-state index is 11.9. The van der Waals surface area contributed by atoms with E-state index < -0.39 is 17.0 Å². The number of amides is 1. The van der Waals surface area contributed by atoms with E-state index in [0.29, 0.717) is 27.8 Å². The Bertz CT molecular complexity index is 1040. The van der Waals surface area contributed by atoms with Crippen LogP contribution in [0.25, 0.3) is 10.9 Å². The van der Waals surface area contributed by atoms with Crippen molar-refractivity contribution in [3.05, 3.63) is 59.0 Å². The van der Waals surface area contributed by atoms with Crippen molar-refractivity contribution < 1.29 is 13.6 Å². The van der Waals surface area contributed by atoms with Crippen LogP contribution in [0.2, 0.25) is 0 Å². The van der Waals surface area contributed by atoms with Gasteiger partial charge in [-0.3, -0.25) is 19.0 Å². The monoisotopic (exact) mass is 369 g/mol. The van der Waals surface area contributed by atoms with Gasteiger partial charge in [-0.15, -0.1) is 0 Å². The van der Waals surface area contributed by atoms with Crippen molar-refractivity contribution in [2.45, 2.75) is 19.6 Å². The van der Waals surface area contributed by atoms with Crippen molar-refractivity contribution in [2.75, 3.05) is 5.32 Å². The van der Waals surface area contributed by atoms with Gasteiger partial charge in [0, 0.05) is 23.5 Å². The fourth-order valence-corrected chi connectivity index (χ4v) is 3.30. The highest BCUT2D eigenvalue weighted by Gasteiger charge is 2.16. The van der Waals surface area contributed by atoms with Crippen molar-refractivity contribution in [1.29, 1.82) is 0 Å². The van der Waals surface area contributed by atoms with Crippen LogP contribution in [0.15, 0.2) is 36.8 Å². The lowest BCUT2D eigenvalue weighted by atomic mass is 10.0. The van der Waals surface area contributed by atoms with Gasteiger partial charge in [0.1, 0.15) is 0 Å².